The maximum absolute atomic E-state index is 5.72. The molecule has 144 valence electrons. The third kappa shape index (κ3) is 4.51. The van der Waals surface area contributed by atoms with Crippen molar-refractivity contribution in [3.63, 3.8) is 0 Å². The topological polar surface area (TPSA) is 40.6 Å². The smallest absolute Gasteiger partial charge is 0.170 e. The van der Waals surface area contributed by atoms with Gasteiger partial charge in [-0.1, -0.05) is 6.07 Å². The van der Waals surface area contributed by atoms with Crippen molar-refractivity contribution < 1.29 is 4.74 Å². The minimum Gasteiger partial charge on any atom is -0.379 e. The molecule has 0 aromatic carbocycles. The molecule has 0 aliphatic carbocycles. The predicted molar refractivity (Wildman–Crippen MR) is 116 cm³/mol. The third-order valence-corrected chi connectivity index (χ3v) is 7.17. The van der Waals surface area contributed by atoms with Gasteiger partial charge in [0.1, 0.15) is 0 Å². The third-order valence-electron chi connectivity index (χ3n) is 5.05. The van der Waals surface area contributed by atoms with Gasteiger partial charge in [-0.25, -0.2) is 0 Å². The van der Waals surface area contributed by atoms with Crippen LogP contribution in [-0.4, -0.2) is 59.3 Å². The van der Waals surface area contributed by atoms with E-state index in [1.807, 2.05) is 18.3 Å². The van der Waals surface area contributed by atoms with Crippen LogP contribution in [0.1, 0.15) is 29.1 Å². The van der Waals surface area contributed by atoms with E-state index in [0.717, 1.165) is 61.1 Å². The average Bonchev–Trinajstić information content (AvgIpc) is 3.27. The first kappa shape index (κ1) is 19.3. The molecule has 2 unspecified atom stereocenters. The van der Waals surface area contributed by atoms with Crippen LogP contribution in [0.3, 0.4) is 0 Å². The maximum atomic E-state index is 5.72. The lowest BCUT2D eigenvalue weighted by Crippen LogP contribution is -2.38. The number of hydrogen-bond acceptors (Lipinski definition) is 5. The molecule has 2 aliphatic rings. The molecule has 2 aliphatic heterocycles. The molecule has 8 heteroatoms. The summed E-state index contributed by atoms with van der Waals surface area (Å²) in [5.74, 6) is 0. The summed E-state index contributed by atoms with van der Waals surface area (Å²) >= 11 is 11.1. The number of ether oxygens (including phenoxy) is 1. The molecule has 0 saturated carbocycles. The van der Waals surface area contributed by atoms with Crippen LogP contribution in [0.4, 0.5) is 0 Å². The molecule has 2 fully saturated rings. The predicted octanol–water partition coefficient (Wildman–Crippen LogP) is 3.60. The zero-order valence-electron chi connectivity index (χ0n) is 15.0. The number of nitrogens with one attached hydrogen (secondary N) is 1. The molecule has 0 amide bonds. The summed E-state index contributed by atoms with van der Waals surface area (Å²) in [6.45, 7) is 5.76. The van der Waals surface area contributed by atoms with Gasteiger partial charge in [-0.2, -0.15) is 0 Å². The maximum Gasteiger partial charge on any atom is 0.170 e. The Labute approximate surface area is 177 Å². The number of thiocarbonyl (C=S) groups is 1. The van der Waals surface area contributed by atoms with E-state index in [2.05, 4.69) is 53.5 Å². The Morgan fingerprint density at radius 3 is 2.85 bits per heavy atom. The lowest BCUT2D eigenvalue weighted by molar-refractivity contribution is 0.0366. The standard InChI is InChI=1S/C19H23BrN4OS2/c20-14-12-16(27-13-14)18-17(15-4-1-2-5-21-15)22-19(26)24(18)7-3-6-23-8-10-25-11-9-23/h1-2,4-5,12-13,17-18H,3,6-11H2,(H,22,26). The quantitative estimate of drug-likeness (QED) is 0.655. The number of hydrogen-bond donors (Lipinski definition) is 1. The Morgan fingerprint density at radius 1 is 1.30 bits per heavy atom. The molecule has 2 saturated heterocycles. The van der Waals surface area contributed by atoms with Gasteiger partial charge in [-0.05, 0) is 52.8 Å². The largest absolute Gasteiger partial charge is 0.379 e. The molecular formula is C19H23BrN4OS2. The van der Waals surface area contributed by atoms with Gasteiger partial charge < -0.3 is 15.0 Å². The highest BCUT2D eigenvalue weighted by atomic mass is 79.9. The first-order valence-electron chi connectivity index (χ1n) is 9.24. The van der Waals surface area contributed by atoms with E-state index in [-0.39, 0.29) is 12.1 Å². The van der Waals surface area contributed by atoms with Crippen LogP contribution in [0.2, 0.25) is 0 Å². The minimum atomic E-state index is 0.0765. The molecule has 2 aromatic heterocycles. The van der Waals surface area contributed by atoms with Gasteiger partial charge in [0.25, 0.3) is 0 Å². The average molecular weight is 467 g/mol. The molecule has 0 bridgehead atoms. The lowest BCUT2D eigenvalue weighted by Gasteiger charge is -2.30. The SMILES string of the molecule is S=C1NC(c2ccccn2)C(c2cc(Br)cs2)N1CCCN1CCOCC1. The summed E-state index contributed by atoms with van der Waals surface area (Å²) in [6, 6.07) is 8.52. The Balaban J connectivity index is 1.50. The van der Waals surface area contributed by atoms with Crippen LogP contribution in [0.15, 0.2) is 40.3 Å². The first-order valence-corrected chi connectivity index (χ1v) is 11.3. The molecule has 5 nitrogen and oxygen atoms in total. The summed E-state index contributed by atoms with van der Waals surface area (Å²) < 4.78 is 6.56. The summed E-state index contributed by atoms with van der Waals surface area (Å²) in [6.07, 6.45) is 2.93. The zero-order valence-corrected chi connectivity index (χ0v) is 18.2. The van der Waals surface area contributed by atoms with Crippen LogP contribution in [0, 0.1) is 0 Å². The molecule has 1 N–H and O–H groups in total. The molecule has 0 spiro atoms. The second kappa shape index (κ2) is 8.96. The van der Waals surface area contributed by atoms with Crippen molar-refractivity contribution in [2.75, 3.05) is 39.4 Å². The second-order valence-corrected chi connectivity index (χ2v) is 9.04. The Morgan fingerprint density at radius 2 is 2.15 bits per heavy atom. The van der Waals surface area contributed by atoms with E-state index < -0.39 is 0 Å². The van der Waals surface area contributed by atoms with E-state index in [1.54, 1.807) is 11.3 Å². The normalized spacial score (nSPS) is 23.6. The van der Waals surface area contributed by atoms with Crippen LogP contribution < -0.4 is 5.32 Å². The number of thiophene rings is 1. The fraction of sp³-hybridized carbons (Fsp3) is 0.474. The minimum absolute atomic E-state index is 0.0765. The fourth-order valence-electron chi connectivity index (χ4n) is 3.73. The van der Waals surface area contributed by atoms with E-state index in [9.17, 15) is 0 Å². The van der Waals surface area contributed by atoms with Crippen molar-refractivity contribution in [1.82, 2.24) is 20.1 Å². The van der Waals surface area contributed by atoms with E-state index >= 15 is 0 Å². The number of rotatable bonds is 6. The van der Waals surface area contributed by atoms with Crippen molar-refractivity contribution >= 4 is 44.6 Å². The van der Waals surface area contributed by atoms with Crippen molar-refractivity contribution in [3.8, 4) is 0 Å². The fourth-order valence-corrected chi connectivity index (χ4v) is 5.65. The van der Waals surface area contributed by atoms with Gasteiger partial charge in [0.05, 0.1) is 31.0 Å². The highest BCUT2D eigenvalue weighted by Gasteiger charge is 2.40. The number of aromatic nitrogens is 1. The Kier molecular flexibility index (Phi) is 6.39. The van der Waals surface area contributed by atoms with Gasteiger partial charge in [-0.3, -0.25) is 9.88 Å². The van der Waals surface area contributed by atoms with Crippen molar-refractivity contribution in [2.24, 2.45) is 0 Å². The highest BCUT2D eigenvalue weighted by molar-refractivity contribution is 9.10. The van der Waals surface area contributed by atoms with E-state index in [4.69, 9.17) is 17.0 Å². The molecule has 2 aromatic rings. The highest BCUT2D eigenvalue weighted by Crippen LogP contribution is 2.41. The van der Waals surface area contributed by atoms with Crippen LogP contribution in [0.25, 0.3) is 0 Å². The molecule has 27 heavy (non-hydrogen) atoms. The molecule has 2 atom stereocenters. The van der Waals surface area contributed by atoms with Gasteiger partial charge >= 0.3 is 0 Å². The molecule has 4 rings (SSSR count). The molecule has 4 heterocycles. The summed E-state index contributed by atoms with van der Waals surface area (Å²) in [5, 5.41) is 6.48. The van der Waals surface area contributed by atoms with Crippen LogP contribution in [0.5, 0.6) is 0 Å². The van der Waals surface area contributed by atoms with E-state index in [0.29, 0.717) is 0 Å². The van der Waals surface area contributed by atoms with Crippen LogP contribution >= 0.6 is 39.5 Å². The van der Waals surface area contributed by atoms with Crippen molar-refractivity contribution in [2.45, 2.75) is 18.5 Å². The second-order valence-electron chi connectivity index (χ2n) is 6.79. The van der Waals surface area contributed by atoms with Crippen molar-refractivity contribution in [3.05, 3.63) is 50.9 Å². The molecular weight excluding hydrogens is 444 g/mol. The first-order chi connectivity index (χ1) is 13.2. The van der Waals surface area contributed by atoms with Crippen molar-refractivity contribution in [1.29, 1.82) is 0 Å². The monoisotopic (exact) mass is 466 g/mol. The Hall–Kier alpha value is -1.06. The van der Waals surface area contributed by atoms with Gasteiger partial charge in [-0.15, -0.1) is 11.3 Å². The van der Waals surface area contributed by atoms with E-state index in [1.165, 1.54) is 4.88 Å². The summed E-state index contributed by atoms with van der Waals surface area (Å²) in [5.41, 5.74) is 1.03. The van der Waals surface area contributed by atoms with Gasteiger partial charge in [0.2, 0.25) is 0 Å². The lowest BCUT2D eigenvalue weighted by atomic mass is 10.0. The van der Waals surface area contributed by atoms with Gasteiger partial charge in [0.15, 0.2) is 5.11 Å². The number of pyridine rings is 1. The molecule has 0 radical (unpaired) electrons. The number of halogens is 1. The summed E-state index contributed by atoms with van der Waals surface area (Å²) in [7, 11) is 0. The zero-order chi connectivity index (χ0) is 18.6. The van der Waals surface area contributed by atoms with Crippen LogP contribution in [-0.2, 0) is 4.74 Å². The number of morpholine rings is 1. The summed E-state index contributed by atoms with van der Waals surface area (Å²) in [4.78, 5) is 10.7. The Bertz CT molecular complexity index is 766. The number of nitrogens with zero attached hydrogens (tertiary/aromatic N) is 3. The van der Waals surface area contributed by atoms with Gasteiger partial charge in [0, 0.05) is 47.1 Å².